The molecule has 1 N–H and O–H groups in total. The van der Waals surface area contributed by atoms with E-state index in [-0.39, 0.29) is 16.9 Å². The first-order valence-electron chi connectivity index (χ1n) is 10.7. The van der Waals surface area contributed by atoms with E-state index in [1.54, 1.807) is 17.0 Å². The maximum absolute atomic E-state index is 14.1. The molecule has 0 saturated carbocycles. The lowest BCUT2D eigenvalue weighted by molar-refractivity contribution is 0.0772. The van der Waals surface area contributed by atoms with Gasteiger partial charge in [-0.15, -0.1) is 11.3 Å². The summed E-state index contributed by atoms with van der Waals surface area (Å²) in [5.41, 5.74) is 1.82. The fourth-order valence-electron chi connectivity index (χ4n) is 4.12. The summed E-state index contributed by atoms with van der Waals surface area (Å²) in [7, 11) is 0. The van der Waals surface area contributed by atoms with Crippen molar-refractivity contribution in [3.63, 3.8) is 0 Å². The Morgan fingerprint density at radius 3 is 2.47 bits per heavy atom. The maximum Gasteiger partial charge on any atom is 0.259 e. The molecule has 1 heterocycles. The van der Waals surface area contributed by atoms with Crippen LogP contribution in [0.15, 0.2) is 24.3 Å². The number of nitrogens with zero attached hydrogens (tertiary/aromatic N) is 1. The lowest BCUT2D eigenvalue weighted by Gasteiger charge is -2.34. The zero-order valence-corrected chi connectivity index (χ0v) is 19.3. The van der Waals surface area contributed by atoms with Crippen molar-refractivity contribution in [2.75, 3.05) is 18.4 Å². The number of rotatable bonds is 5. The zero-order chi connectivity index (χ0) is 22.1. The standard InChI is InChI=1S/C24H31FN2O2S/c1-6-27(7-2)23(29)20-17-13-12-15(24(3,4)5)14-19(17)30-22(20)26-21(28)16-10-8-9-11-18(16)25/h8-11,15H,6-7,12-14H2,1-5H3,(H,26,28)/t15-/m0/s1. The van der Waals surface area contributed by atoms with Crippen LogP contribution in [-0.4, -0.2) is 29.8 Å². The third-order valence-electron chi connectivity index (χ3n) is 6.10. The van der Waals surface area contributed by atoms with Crippen LogP contribution < -0.4 is 5.32 Å². The molecule has 0 bridgehead atoms. The molecule has 2 amide bonds. The first kappa shape index (κ1) is 22.5. The van der Waals surface area contributed by atoms with Crippen LogP contribution in [0.4, 0.5) is 9.39 Å². The van der Waals surface area contributed by atoms with Crippen LogP contribution in [0, 0.1) is 17.2 Å². The third-order valence-corrected chi connectivity index (χ3v) is 7.27. The Kier molecular flexibility index (Phi) is 6.65. The first-order valence-corrected chi connectivity index (χ1v) is 11.5. The van der Waals surface area contributed by atoms with E-state index in [1.807, 2.05) is 13.8 Å². The molecule has 1 aliphatic carbocycles. The number of anilines is 1. The van der Waals surface area contributed by atoms with Crippen molar-refractivity contribution in [1.82, 2.24) is 4.90 Å². The molecule has 1 aromatic carbocycles. The van der Waals surface area contributed by atoms with Gasteiger partial charge in [0.15, 0.2) is 0 Å². The minimum atomic E-state index is -0.569. The Morgan fingerprint density at radius 2 is 1.87 bits per heavy atom. The fraction of sp³-hybridized carbons (Fsp3) is 0.500. The van der Waals surface area contributed by atoms with Crippen molar-refractivity contribution < 1.29 is 14.0 Å². The van der Waals surface area contributed by atoms with E-state index in [4.69, 9.17) is 0 Å². The summed E-state index contributed by atoms with van der Waals surface area (Å²) in [4.78, 5) is 29.1. The van der Waals surface area contributed by atoms with Crippen LogP contribution in [-0.2, 0) is 12.8 Å². The molecule has 1 aromatic heterocycles. The van der Waals surface area contributed by atoms with E-state index in [2.05, 4.69) is 26.1 Å². The smallest absolute Gasteiger partial charge is 0.259 e. The van der Waals surface area contributed by atoms with E-state index in [0.717, 1.165) is 24.8 Å². The molecule has 0 fully saturated rings. The average molecular weight is 431 g/mol. The number of benzene rings is 1. The molecule has 0 saturated heterocycles. The van der Waals surface area contributed by atoms with Crippen molar-refractivity contribution in [1.29, 1.82) is 0 Å². The van der Waals surface area contributed by atoms with Crippen molar-refractivity contribution in [3.8, 4) is 0 Å². The van der Waals surface area contributed by atoms with Gasteiger partial charge >= 0.3 is 0 Å². The summed E-state index contributed by atoms with van der Waals surface area (Å²) in [6, 6.07) is 5.91. The van der Waals surface area contributed by atoms with Gasteiger partial charge < -0.3 is 10.2 Å². The van der Waals surface area contributed by atoms with Gasteiger partial charge in [-0.3, -0.25) is 9.59 Å². The van der Waals surface area contributed by atoms with Gasteiger partial charge in [0.2, 0.25) is 0 Å². The van der Waals surface area contributed by atoms with Gasteiger partial charge in [0.1, 0.15) is 10.8 Å². The summed E-state index contributed by atoms with van der Waals surface area (Å²) >= 11 is 1.48. The molecule has 0 spiro atoms. The highest BCUT2D eigenvalue weighted by Gasteiger charge is 2.35. The molecule has 0 unspecified atom stereocenters. The maximum atomic E-state index is 14.1. The molecule has 4 nitrogen and oxygen atoms in total. The molecule has 3 rings (SSSR count). The van der Waals surface area contributed by atoms with Crippen molar-refractivity contribution in [2.45, 2.75) is 53.9 Å². The predicted octanol–water partition coefficient (Wildman–Crippen LogP) is 5.77. The molecular formula is C24H31FN2O2S. The number of hydrogen-bond acceptors (Lipinski definition) is 3. The average Bonchev–Trinajstić information content (AvgIpc) is 3.05. The molecule has 2 aromatic rings. The summed E-state index contributed by atoms with van der Waals surface area (Å²) < 4.78 is 14.1. The monoisotopic (exact) mass is 430 g/mol. The van der Waals surface area contributed by atoms with Crippen molar-refractivity contribution in [2.24, 2.45) is 11.3 Å². The molecular weight excluding hydrogens is 399 g/mol. The Labute approximate surface area is 182 Å². The SMILES string of the molecule is CCN(CC)C(=O)c1c(NC(=O)c2ccccc2F)sc2c1CC[C@H](C(C)(C)C)C2. The normalized spacial score (nSPS) is 16.1. The molecule has 1 aliphatic rings. The third kappa shape index (κ3) is 4.43. The second-order valence-corrected chi connectivity index (χ2v) is 10.0. The molecule has 162 valence electrons. The molecule has 6 heteroatoms. The van der Waals surface area contributed by atoms with Gasteiger partial charge in [-0.25, -0.2) is 4.39 Å². The van der Waals surface area contributed by atoms with E-state index in [0.29, 0.717) is 29.6 Å². The Morgan fingerprint density at radius 1 is 1.20 bits per heavy atom. The highest BCUT2D eigenvalue weighted by molar-refractivity contribution is 7.17. The summed E-state index contributed by atoms with van der Waals surface area (Å²) in [6.07, 6.45) is 2.75. The number of thiophene rings is 1. The number of amides is 2. The Balaban J connectivity index is 2.01. The highest BCUT2D eigenvalue weighted by atomic mass is 32.1. The van der Waals surface area contributed by atoms with Gasteiger partial charge in [-0.2, -0.15) is 0 Å². The van der Waals surface area contributed by atoms with Crippen LogP contribution in [0.5, 0.6) is 0 Å². The first-order chi connectivity index (χ1) is 14.2. The van der Waals surface area contributed by atoms with Gasteiger partial charge in [0.25, 0.3) is 11.8 Å². The second kappa shape index (κ2) is 8.88. The van der Waals surface area contributed by atoms with Crippen LogP contribution in [0.2, 0.25) is 0 Å². The number of nitrogens with one attached hydrogen (secondary N) is 1. The van der Waals surface area contributed by atoms with Crippen LogP contribution in [0.1, 0.15) is 72.2 Å². The van der Waals surface area contributed by atoms with Gasteiger partial charge in [0.05, 0.1) is 11.1 Å². The molecule has 0 radical (unpaired) electrons. The number of carbonyl (C=O) groups excluding carboxylic acids is 2. The number of fused-ring (bicyclic) bond motifs is 1. The lowest BCUT2D eigenvalue weighted by Crippen LogP contribution is -2.32. The van der Waals surface area contributed by atoms with Crippen LogP contribution in [0.25, 0.3) is 0 Å². The fourth-order valence-corrected chi connectivity index (χ4v) is 5.44. The minimum absolute atomic E-state index is 0.0160. The summed E-state index contributed by atoms with van der Waals surface area (Å²) in [5.74, 6) is -0.626. The molecule has 30 heavy (non-hydrogen) atoms. The predicted molar refractivity (Wildman–Crippen MR) is 121 cm³/mol. The summed E-state index contributed by atoms with van der Waals surface area (Å²) in [6.45, 7) is 11.9. The Bertz CT molecular complexity index is 941. The van der Waals surface area contributed by atoms with Gasteiger partial charge in [0, 0.05) is 18.0 Å². The number of halogens is 1. The largest absolute Gasteiger partial charge is 0.339 e. The van der Waals surface area contributed by atoms with Gasteiger partial charge in [-0.1, -0.05) is 32.9 Å². The highest BCUT2D eigenvalue weighted by Crippen LogP contribution is 2.44. The lowest BCUT2D eigenvalue weighted by atomic mass is 9.72. The van der Waals surface area contributed by atoms with Gasteiger partial charge in [-0.05, 0) is 62.1 Å². The molecule has 0 aliphatic heterocycles. The van der Waals surface area contributed by atoms with E-state index < -0.39 is 11.7 Å². The van der Waals surface area contributed by atoms with Crippen molar-refractivity contribution in [3.05, 3.63) is 51.7 Å². The number of hydrogen-bond donors (Lipinski definition) is 1. The van der Waals surface area contributed by atoms with Crippen LogP contribution >= 0.6 is 11.3 Å². The Hall–Kier alpha value is -2.21. The van der Waals surface area contributed by atoms with Crippen molar-refractivity contribution >= 4 is 28.2 Å². The summed E-state index contributed by atoms with van der Waals surface area (Å²) in [5, 5.41) is 3.40. The topological polar surface area (TPSA) is 49.4 Å². The van der Waals surface area contributed by atoms with E-state index in [1.165, 1.54) is 28.3 Å². The molecule has 1 atom stereocenters. The number of carbonyl (C=O) groups is 2. The zero-order valence-electron chi connectivity index (χ0n) is 18.5. The quantitative estimate of drug-likeness (QED) is 0.654. The van der Waals surface area contributed by atoms with E-state index in [9.17, 15) is 14.0 Å². The second-order valence-electron chi connectivity index (χ2n) is 8.93. The van der Waals surface area contributed by atoms with E-state index >= 15 is 0 Å². The van der Waals surface area contributed by atoms with Crippen LogP contribution in [0.3, 0.4) is 0 Å². The minimum Gasteiger partial charge on any atom is -0.339 e.